The molecule has 0 amide bonds. The lowest BCUT2D eigenvalue weighted by molar-refractivity contribution is -0.0536. The number of hydrogen-bond acceptors (Lipinski definition) is 3. The molecule has 2 fully saturated rings. The van der Waals surface area contributed by atoms with E-state index in [4.69, 9.17) is 4.74 Å². The molecule has 0 radical (unpaired) electrons. The van der Waals surface area contributed by atoms with Gasteiger partial charge in [0.05, 0.1) is 18.8 Å². The van der Waals surface area contributed by atoms with Crippen molar-refractivity contribution in [1.29, 1.82) is 0 Å². The summed E-state index contributed by atoms with van der Waals surface area (Å²) in [5.74, 6) is 0.822. The van der Waals surface area contributed by atoms with Crippen molar-refractivity contribution in [2.75, 3.05) is 13.2 Å². The van der Waals surface area contributed by atoms with E-state index >= 15 is 0 Å². The van der Waals surface area contributed by atoms with Gasteiger partial charge >= 0.3 is 0 Å². The largest absolute Gasteiger partial charge is 0.389 e. The van der Waals surface area contributed by atoms with Gasteiger partial charge in [-0.1, -0.05) is 27.2 Å². The van der Waals surface area contributed by atoms with Crippen LogP contribution in [0, 0.1) is 11.3 Å². The van der Waals surface area contributed by atoms with Gasteiger partial charge in [0.2, 0.25) is 0 Å². The molecular weight excluding hydrogens is 286 g/mol. The van der Waals surface area contributed by atoms with Crippen LogP contribution in [-0.2, 0) is 4.74 Å². The predicted molar refractivity (Wildman–Crippen MR) is 96.6 cm³/mol. The summed E-state index contributed by atoms with van der Waals surface area (Å²) in [4.78, 5) is 2.47. The maximum atomic E-state index is 10.4. The average Bonchev–Trinajstić information content (AvgIpc) is 2.48. The van der Waals surface area contributed by atoms with Crippen molar-refractivity contribution in [2.45, 2.75) is 104 Å². The number of aliphatic hydroxyl groups is 1. The third kappa shape index (κ3) is 5.72. The summed E-state index contributed by atoms with van der Waals surface area (Å²) in [6, 6.07) is 1.19. The molecule has 1 saturated carbocycles. The van der Waals surface area contributed by atoms with Crippen molar-refractivity contribution < 1.29 is 9.84 Å². The monoisotopic (exact) mass is 325 g/mol. The van der Waals surface area contributed by atoms with E-state index < -0.39 is 0 Å². The molecule has 2 aliphatic rings. The molecule has 1 heterocycles. The van der Waals surface area contributed by atoms with Crippen molar-refractivity contribution in [3.63, 3.8) is 0 Å². The highest BCUT2D eigenvalue weighted by molar-refractivity contribution is 4.83. The van der Waals surface area contributed by atoms with Crippen LogP contribution in [0.2, 0.25) is 0 Å². The Bertz CT molecular complexity index is 334. The molecule has 23 heavy (non-hydrogen) atoms. The molecular formula is C20H39NO2. The summed E-state index contributed by atoms with van der Waals surface area (Å²) in [5.41, 5.74) is 0.422. The van der Waals surface area contributed by atoms with E-state index in [9.17, 15) is 5.11 Å². The molecule has 136 valence electrons. The molecule has 0 spiro atoms. The molecule has 0 aromatic carbocycles. The Morgan fingerprint density at radius 1 is 1.00 bits per heavy atom. The molecule has 0 aromatic rings. The Labute approximate surface area is 143 Å². The van der Waals surface area contributed by atoms with Crippen LogP contribution >= 0.6 is 0 Å². The summed E-state index contributed by atoms with van der Waals surface area (Å²) in [6.45, 7) is 12.9. The minimum atomic E-state index is -0.349. The summed E-state index contributed by atoms with van der Waals surface area (Å²) in [6.07, 6.45) is 8.70. The topological polar surface area (TPSA) is 32.7 Å². The van der Waals surface area contributed by atoms with Crippen LogP contribution in [-0.4, -0.2) is 47.4 Å². The Kier molecular flexibility index (Phi) is 6.94. The van der Waals surface area contributed by atoms with Crippen LogP contribution in [0.1, 0.15) is 79.6 Å². The first-order chi connectivity index (χ1) is 10.8. The maximum absolute atomic E-state index is 10.4. The van der Waals surface area contributed by atoms with Crippen LogP contribution in [0.5, 0.6) is 0 Å². The first-order valence-corrected chi connectivity index (χ1v) is 9.82. The van der Waals surface area contributed by atoms with Crippen molar-refractivity contribution in [2.24, 2.45) is 11.3 Å². The van der Waals surface area contributed by atoms with E-state index in [0.29, 0.717) is 30.2 Å². The molecule has 3 heteroatoms. The minimum Gasteiger partial charge on any atom is -0.389 e. The fourth-order valence-electron chi connectivity index (χ4n) is 4.47. The average molecular weight is 326 g/mol. The summed E-state index contributed by atoms with van der Waals surface area (Å²) in [5, 5.41) is 10.4. The van der Waals surface area contributed by atoms with E-state index in [0.717, 1.165) is 25.3 Å². The smallest absolute Gasteiger partial charge is 0.0900 e. The lowest BCUT2D eigenvalue weighted by Crippen LogP contribution is -2.48. The van der Waals surface area contributed by atoms with Gasteiger partial charge in [-0.15, -0.1) is 0 Å². The van der Waals surface area contributed by atoms with Gasteiger partial charge in [-0.3, -0.25) is 4.90 Å². The Balaban J connectivity index is 1.68. The van der Waals surface area contributed by atoms with E-state index in [2.05, 4.69) is 39.5 Å². The lowest BCUT2D eigenvalue weighted by atomic mass is 9.72. The Morgan fingerprint density at radius 3 is 2.09 bits per heavy atom. The molecule has 3 atom stereocenters. The van der Waals surface area contributed by atoms with Crippen LogP contribution in [0.25, 0.3) is 0 Å². The fraction of sp³-hybridized carbons (Fsp3) is 1.00. The van der Waals surface area contributed by atoms with Gasteiger partial charge in [-0.05, 0) is 63.7 Å². The van der Waals surface area contributed by atoms with E-state index in [1.165, 1.54) is 32.1 Å². The highest BCUT2D eigenvalue weighted by Crippen LogP contribution is 2.38. The van der Waals surface area contributed by atoms with Crippen LogP contribution < -0.4 is 0 Å². The molecule has 1 saturated heterocycles. The van der Waals surface area contributed by atoms with E-state index in [1.807, 2.05) is 0 Å². The number of aliphatic hydroxyl groups excluding tert-OH is 1. The lowest BCUT2D eigenvalue weighted by Gasteiger charge is -2.40. The fourth-order valence-corrected chi connectivity index (χ4v) is 4.47. The zero-order chi connectivity index (χ0) is 17.0. The second-order valence-electron chi connectivity index (χ2n) is 9.15. The minimum absolute atomic E-state index is 0.349. The molecule has 3 nitrogen and oxygen atoms in total. The Morgan fingerprint density at radius 2 is 1.57 bits per heavy atom. The van der Waals surface area contributed by atoms with Gasteiger partial charge in [-0.2, -0.15) is 0 Å². The summed E-state index contributed by atoms with van der Waals surface area (Å²) >= 11 is 0. The number of nitrogens with zero attached hydrogens (tertiary/aromatic N) is 1. The van der Waals surface area contributed by atoms with Gasteiger partial charge in [-0.25, -0.2) is 0 Å². The number of ether oxygens (including phenoxy) is 1. The van der Waals surface area contributed by atoms with Crippen molar-refractivity contribution >= 4 is 0 Å². The second kappa shape index (κ2) is 8.31. The van der Waals surface area contributed by atoms with Gasteiger partial charge in [0, 0.05) is 18.6 Å². The van der Waals surface area contributed by atoms with E-state index in [1.54, 1.807) is 0 Å². The zero-order valence-corrected chi connectivity index (χ0v) is 16.1. The van der Waals surface area contributed by atoms with Gasteiger partial charge < -0.3 is 9.84 Å². The maximum Gasteiger partial charge on any atom is 0.0900 e. The standard InChI is InChI=1S/C20H39NO2/c1-15-7-6-8-16(2)21(15)13-18(22)14-23-19-11-9-17(10-12-19)20(3,4)5/h15-19,22H,6-14H2,1-5H3/t15-,16+,17?,18-,19?/m1/s1. The second-order valence-corrected chi connectivity index (χ2v) is 9.15. The van der Waals surface area contributed by atoms with Gasteiger partial charge in [0.1, 0.15) is 0 Å². The normalized spacial score (nSPS) is 35.2. The SMILES string of the molecule is C[C@@H]1CCC[C@H](C)N1C[C@@H](O)COC1CCC(C(C)(C)C)CC1. The van der Waals surface area contributed by atoms with Crippen molar-refractivity contribution in [3.8, 4) is 0 Å². The number of β-amino-alcohol motifs (C(OH)–C–C–N with tert-alkyl or cyclic N) is 1. The van der Waals surface area contributed by atoms with Gasteiger partial charge in [0.25, 0.3) is 0 Å². The molecule has 0 bridgehead atoms. The molecule has 1 aliphatic heterocycles. The quantitative estimate of drug-likeness (QED) is 0.821. The predicted octanol–water partition coefficient (Wildman–Crippen LogP) is 4.23. The highest BCUT2D eigenvalue weighted by Gasteiger charge is 2.31. The number of rotatable bonds is 5. The van der Waals surface area contributed by atoms with Crippen LogP contribution in [0.4, 0.5) is 0 Å². The van der Waals surface area contributed by atoms with Crippen LogP contribution in [0.15, 0.2) is 0 Å². The third-order valence-electron chi connectivity index (χ3n) is 6.22. The summed E-state index contributed by atoms with van der Waals surface area (Å²) in [7, 11) is 0. The first-order valence-electron chi connectivity index (χ1n) is 9.82. The molecule has 0 aromatic heterocycles. The molecule has 2 rings (SSSR count). The van der Waals surface area contributed by atoms with Crippen molar-refractivity contribution in [1.82, 2.24) is 4.90 Å². The molecule has 1 N–H and O–H groups in total. The highest BCUT2D eigenvalue weighted by atomic mass is 16.5. The van der Waals surface area contributed by atoms with Crippen LogP contribution in [0.3, 0.4) is 0 Å². The zero-order valence-electron chi connectivity index (χ0n) is 16.1. The summed E-state index contributed by atoms with van der Waals surface area (Å²) < 4.78 is 6.04. The van der Waals surface area contributed by atoms with Gasteiger partial charge in [0.15, 0.2) is 0 Å². The van der Waals surface area contributed by atoms with Crippen molar-refractivity contribution in [3.05, 3.63) is 0 Å². The number of hydrogen-bond donors (Lipinski definition) is 1. The third-order valence-corrected chi connectivity index (χ3v) is 6.22. The Hall–Kier alpha value is -0.120. The molecule has 1 aliphatic carbocycles. The number of piperidine rings is 1. The first kappa shape index (κ1) is 19.2. The van der Waals surface area contributed by atoms with E-state index in [-0.39, 0.29) is 6.10 Å². The molecule has 0 unspecified atom stereocenters. The number of likely N-dealkylation sites (tertiary alicyclic amines) is 1.